The molecule has 0 unspecified atom stereocenters. The molecule has 0 amide bonds. The van der Waals surface area contributed by atoms with E-state index in [4.69, 9.17) is 10.5 Å². The fraction of sp³-hybridized carbons (Fsp3) is 0.308. The van der Waals surface area contributed by atoms with Gasteiger partial charge < -0.3 is 15.8 Å². The second-order valence-electron chi connectivity index (χ2n) is 4.01. The Hall–Kier alpha value is -1.59. The minimum Gasteiger partial charge on any atom is -0.492 e. The molecule has 3 N–H and O–H groups in total. The minimum atomic E-state index is 0.614. The third-order valence-corrected chi connectivity index (χ3v) is 3.23. The Kier molecular flexibility index (Phi) is 4.55. The van der Waals surface area contributed by atoms with Crippen LogP contribution in [0.2, 0.25) is 0 Å². The molecule has 2 aromatic rings. The molecule has 1 aromatic carbocycles. The van der Waals surface area contributed by atoms with Crippen molar-refractivity contribution in [1.29, 1.82) is 0 Å². The maximum atomic E-state index is 5.63. The number of nitrogens with one attached hydrogen (secondary N) is 1. The van der Waals surface area contributed by atoms with Crippen molar-refractivity contribution in [3.05, 3.63) is 40.9 Å². The molecule has 18 heavy (non-hydrogen) atoms. The highest BCUT2D eigenvalue weighted by molar-refractivity contribution is 7.15. The van der Waals surface area contributed by atoms with Crippen molar-refractivity contribution in [3.8, 4) is 5.75 Å². The summed E-state index contributed by atoms with van der Waals surface area (Å²) < 4.78 is 5.63. The second-order valence-corrected chi connectivity index (χ2v) is 5.15. The molecule has 0 aliphatic carbocycles. The van der Waals surface area contributed by atoms with Crippen LogP contribution in [0.1, 0.15) is 10.4 Å². The van der Waals surface area contributed by atoms with E-state index < -0.39 is 0 Å². The lowest BCUT2D eigenvalue weighted by Gasteiger charge is -2.07. The minimum absolute atomic E-state index is 0.614. The van der Waals surface area contributed by atoms with E-state index in [0.29, 0.717) is 11.7 Å². The molecule has 0 atom stereocenters. The van der Waals surface area contributed by atoms with Gasteiger partial charge >= 0.3 is 0 Å². The first-order chi connectivity index (χ1) is 8.74. The summed E-state index contributed by atoms with van der Waals surface area (Å²) in [6, 6.07) is 8.05. The first-order valence-electron chi connectivity index (χ1n) is 5.84. The molecule has 96 valence electrons. The lowest BCUT2D eigenvalue weighted by atomic mass is 10.2. The normalized spacial score (nSPS) is 10.5. The zero-order chi connectivity index (χ0) is 12.8. The number of nitrogen functional groups attached to an aromatic ring is 1. The number of aromatic nitrogens is 1. The van der Waals surface area contributed by atoms with Crippen molar-refractivity contribution < 1.29 is 4.74 Å². The largest absolute Gasteiger partial charge is 0.492 e. The van der Waals surface area contributed by atoms with Crippen LogP contribution in [0.15, 0.2) is 30.5 Å². The van der Waals surface area contributed by atoms with Crippen molar-refractivity contribution in [2.45, 2.75) is 13.5 Å². The Bertz CT molecular complexity index is 498. The average Bonchev–Trinajstić information content (AvgIpc) is 2.75. The number of nitrogens with two attached hydrogens (primary N) is 1. The van der Waals surface area contributed by atoms with Gasteiger partial charge in [0.05, 0.1) is 0 Å². The summed E-state index contributed by atoms with van der Waals surface area (Å²) in [5.74, 6) is 0.916. The predicted molar refractivity (Wildman–Crippen MR) is 74.9 cm³/mol. The number of benzene rings is 1. The molecular weight excluding hydrogens is 246 g/mol. The zero-order valence-electron chi connectivity index (χ0n) is 10.3. The summed E-state index contributed by atoms with van der Waals surface area (Å²) in [5, 5.41) is 3.90. The molecule has 1 heterocycles. The van der Waals surface area contributed by atoms with Gasteiger partial charge in [-0.2, -0.15) is 0 Å². The Morgan fingerprint density at radius 1 is 1.44 bits per heavy atom. The van der Waals surface area contributed by atoms with E-state index in [1.807, 2.05) is 18.2 Å². The molecule has 0 spiro atoms. The van der Waals surface area contributed by atoms with Crippen LogP contribution in [0, 0.1) is 6.92 Å². The molecule has 4 nitrogen and oxygen atoms in total. The fourth-order valence-corrected chi connectivity index (χ4v) is 2.22. The molecule has 0 radical (unpaired) electrons. The molecular formula is C13H17N3OS. The van der Waals surface area contributed by atoms with Crippen molar-refractivity contribution in [2.75, 3.05) is 18.9 Å². The van der Waals surface area contributed by atoms with Gasteiger partial charge in [-0.05, 0) is 24.6 Å². The summed E-state index contributed by atoms with van der Waals surface area (Å²) in [5.41, 5.74) is 6.76. The highest BCUT2D eigenvalue weighted by Crippen LogP contribution is 2.14. The predicted octanol–water partition coefficient (Wildman–Crippen LogP) is 2.20. The molecule has 0 aliphatic rings. The third-order valence-electron chi connectivity index (χ3n) is 2.41. The smallest absolute Gasteiger partial charge is 0.180 e. The third kappa shape index (κ3) is 4.01. The first-order valence-corrected chi connectivity index (χ1v) is 6.66. The lowest BCUT2D eigenvalue weighted by molar-refractivity contribution is 0.313. The van der Waals surface area contributed by atoms with Crippen LogP contribution in [0.4, 0.5) is 5.13 Å². The topological polar surface area (TPSA) is 60.2 Å². The van der Waals surface area contributed by atoms with Crippen LogP contribution < -0.4 is 15.8 Å². The van der Waals surface area contributed by atoms with Gasteiger partial charge in [-0.3, -0.25) is 0 Å². The van der Waals surface area contributed by atoms with Crippen LogP contribution in [0.25, 0.3) is 0 Å². The van der Waals surface area contributed by atoms with Gasteiger partial charge in [0.2, 0.25) is 0 Å². The molecule has 0 fully saturated rings. The molecule has 1 aromatic heterocycles. The van der Waals surface area contributed by atoms with E-state index in [0.717, 1.165) is 23.7 Å². The zero-order valence-corrected chi connectivity index (χ0v) is 11.2. The number of anilines is 1. The van der Waals surface area contributed by atoms with Gasteiger partial charge in [0.1, 0.15) is 12.4 Å². The second kappa shape index (κ2) is 6.37. The van der Waals surface area contributed by atoms with Crippen molar-refractivity contribution in [3.63, 3.8) is 0 Å². The van der Waals surface area contributed by atoms with E-state index in [1.165, 1.54) is 16.9 Å². The maximum absolute atomic E-state index is 5.63. The molecule has 0 aliphatic heterocycles. The summed E-state index contributed by atoms with van der Waals surface area (Å²) in [6.45, 7) is 4.29. The number of ether oxygens (including phenoxy) is 1. The fourth-order valence-electron chi connectivity index (χ4n) is 1.56. The van der Waals surface area contributed by atoms with Crippen LogP contribution in [-0.2, 0) is 6.54 Å². The van der Waals surface area contributed by atoms with E-state index in [1.54, 1.807) is 6.20 Å². The van der Waals surface area contributed by atoms with Crippen LogP contribution >= 0.6 is 11.3 Å². The molecule has 0 saturated carbocycles. The van der Waals surface area contributed by atoms with Crippen LogP contribution in [-0.4, -0.2) is 18.1 Å². The van der Waals surface area contributed by atoms with Crippen molar-refractivity contribution >= 4 is 16.5 Å². The highest BCUT2D eigenvalue weighted by atomic mass is 32.1. The number of rotatable bonds is 6. The van der Waals surface area contributed by atoms with Gasteiger partial charge in [0.25, 0.3) is 0 Å². The summed E-state index contributed by atoms with van der Waals surface area (Å²) in [4.78, 5) is 5.14. The van der Waals surface area contributed by atoms with Crippen molar-refractivity contribution in [2.24, 2.45) is 0 Å². The van der Waals surface area contributed by atoms with E-state index >= 15 is 0 Å². The summed E-state index contributed by atoms with van der Waals surface area (Å²) >= 11 is 1.51. The lowest BCUT2D eigenvalue weighted by Crippen LogP contribution is -2.20. The van der Waals surface area contributed by atoms with Crippen LogP contribution in [0.5, 0.6) is 5.75 Å². The van der Waals surface area contributed by atoms with E-state index in [9.17, 15) is 0 Å². The Morgan fingerprint density at radius 3 is 3.06 bits per heavy atom. The van der Waals surface area contributed by atoms with Gasteiger partial charge in [0, 0.05) is 24.2 Å². The average molecular weight is 263 g/mol. The van der Waals surface area contributed by atoms with E-state index in [-0.39, 0.29) is 0 Å². The van der Waals surface area contributed by atoms with Gasteiger partial charge in [-0.1, -0.05) is 12.1 Å². The SMILES string of the molecule is Cc1cccc(OCCNCc2cnc(N)s2)c1. The molecule has 0 bridgehead atoms. The molecule has 2 rings (SSSR count). The number of thiazole rings is 1. The quantitative estimate of drug-likeness (QED) is 0.784. The summed E-state index contributed by atoms with van der Waals surface area (Å²) in [7, 11) is 0. The Morgan fingerprint density at radius 2 is 2.33 bits per heavy atom. The monoisotopic (exact) mass is 263 g/mol. The molecule has 5 heteroatoms. The van der Waals surface area contributed by atoms with Crippen LogP contribution in [0.3, 0.4) is 0 Å². The van der Waals surface area contributed by atoms with Gasteiger partial charge in [-0.25, -0.2) is 4.98 Å². The maximum Gasteiger partial charge on any atom is 0.180 e. The number of aryl methyl sites for hydroxylation is 1. The Labute approximate surface area is 111 Å². The number of hydrogen-bond donors (Lipinski definition) is 2. The Balaban J connectivity index is 1.64. The van der Waals surface area contributed by atoms with Gasteiger partial charge in [0.15, 0.2) is 5.13 Å². The standard InChI is InChI=1S/C13H17N3OS/c1-10-3-2-4-11(7-10)17-6-5-15-8-12-9-16-13(14)18-12/h2-4,7,9,15H,5-6,8H2,1H3,(H2,14,16). The summed E-state index contributed by atoms with van der Waals surface area (Å²) in [6.07, 6.45) is 1.80. The van der Waals surface area contributed by atoms with Crippen molar-refractivity contribution in [1.82, 2.24) is 10.3 Å². The number of hydrogen-bond acceptors (Lipinski definition) is 5. The van der Waals surface area contributed by atoms with E-state index in [2.05, 4.69) is 23.3 Å². The van der Waals surface area contributed by atoms with Gasteiger partial charge in [-0.15, -0.1) is 11.3 Å². The highest BCUT2D eigenvalue weighted by Gasteiger charge is 1.98. The number of nitrogens with zero attached hydrogens (tertiary/aromatic N) is 1. The first kappa shape index (κ1) is 12.9. The molecule has 0 saturated heterocycles.